The van der Waals surface area contributed by atoms with Crippen LogP contribution in [0.5, 0.6) is 0 Å². The third-order valence-electron chi connectivity index (χ3n) is 3.73. The predicted octanol–water partition coefficient (Wildman–Crippen LogP) is 3.62. The lowest BCUT2D eigenvalue weighted by Gasteiger charge is -2.26. The first-order chi connectivity index (χ1) is 11.4. The van der Waals surface area contributed by atoms with Gasteiger partial charge in [0, 0.05) is 30.9 Å². The minimum absolute atomic E-state index is 0.0140. The second-order valence-corrected chi connectivity index (χ2v) is 6.00. The van der Waals surface area contributed by atoms with Crippen LogP contribution in [0.15, 0.2) is 41.7 Å². The summed E-state index contributed by atoms with van der Waals surface area (Å²) < 4.78 is 0. The van der Waals surface area contributed by atoms with Crippen LogP contribution < -0.4 is 4.90 Å². The van der Waals surface area contributed by atoms with Gasteiger partial charge in [0.25, 0.3) is 5.91 Å². The van der Waals surface area contributed by atoms with Gasteiger partial charge in [-0.1, -0.05) is 32.0 Å². The number of hydrogen-bond acceptors (Lipinski definition) is 4. The number of carbonyl (C=O) groups is 1. The van der Waals surface area contributed by atoms with Crippen molar-refractivity contribution < 1.29 is 9.90 Å². The fraction of sp³-hybridized carbons (Fsp3) is 0.474. The maximum absolute atomic E-state index is 13.1. The van der Waals surface area contributed by atoms with Gasteiger partial charge in [-0.15, -0.1) is 0 Å². The molecule has 0 bridgehead atoms. The van der Waals surface area contributed by atoms with Crippen molar-refractivity contribution in [1.29, 1.82) is 5.41 Å². The lowest BCUT2D eigenvalue weighted by Crippen LogP contribution is -2.39. The van der Waals surface area contributed by atoms with Crippen LogP contribution in [0.1, 0.15) is 33.1 Å². The molecule has 1 amide bonds. The first-order valence-corrected chi connectivity index (χ1v) is 8.43. The number of aliphatic hydroxyl groups is 1. The number of hydrogen-bond donors (Lipinski definition) is 2. The van der Waals surface area contributed by atoms with E-state index in [2.05, 4.69) is 0 Å². The summed E-state index contributed by atoms with van der Waals surface area (Å²) in [7, 11) is 3.90. The number of anilines is 1. The van der Waals surface area contributed by atoms with Crippen LogP contribution in [0, 0.1) is 5.41 Å². The highest BCUT2D eigenvalue weighted by molar-refractivity contribution is 6.25. The Morgan fingerprint density at radius 3 is 2.25 bits per heavy atom. The van der Waals surface area contributed by atoms with Crippen molar-refractivity contribution in [2.24, 2.45) is 0 Å². The second-order valence-electron chi connectivity index (χ2n) is 6.00. The van der Waals surface area contributed by atoms with Gasteiger partial charge in [0.15, 0.2) is 0 Å². The molecule has 0 unspecified atom stereocenters. The molecule has 132 valence electrons. The van der Waals surface area contributed by atoms with E-state index in [1.165, 1.54) is 0 Å². The molecule has 0 aliphatic rings. The maximum atomic E-state index is 13.1. The molecule has 5 heteroatoms. The summed E-state index contributed by atoms with van der Waals surface area (Å²) in [6.45, 7) is 4.95. The number of nitrogens with one attached hydrogen (secondary N) is 1. The Morgan fingerprint density at radius 2 is 1.75 bits per heavy atom. The van der Waals surface area contributed by atoms with Crippen LogP contribution in [-0.2, 0) is 4.79 Å². The summed E-state index contributed by atoms with van der Waals surface area (Å²) in [6, 6.07) is 9.41. The molecular weight excluding hydrogens is 302 g/mol. The maximum Gasteiger partial charge on any atom is 0.263 e. The zero-order valence-corrected chi connectivity index (χ0v) is 15.2. The van der Waals surface area contributed by atoms with Crippen molar-refractivity contribution in [3.8, 4) is 0 Å². The highest BCUT2D eigenvalue weighted by atomic mass is 16.3. The van der Waals surface area contributed by atoms with Crippen LogP contribution in [0.4, 0.5) is 5.69 Å². The molecule has 0 aromatic heterocycles. The van der Waals surface area contributed by atoms with Crippen molar-refractivity contribution >= 4 is 17.3 Å². The summed E-state index contributed by atoms with van der Waals surface area (Å²) in [4.78, 5) is 16.8. The zero-order valence-electron chi connectivity index (χ0n) is 15.2. The molecule has 0 spiro atoms. The quantitative estimate of drug-likeness (QED) is 0.412. The third-order valence-corrected chi connectivity index (χ3v) is 3.73. The molecule has 1 aromatic carbocycles. The van der Waals surface area contributed by atoms with Crippen molar-refractivity contribution in [2.75, 3.05) is 32.1 Å². The number of nitrogens with zero attached hydrogens (tertiary/aromatic N) is 2. The number of likely N-dealkylation sites (N-methyl/N-ethyl adjacent to an activating group) is 1. The summed E-state index contributed by atoms with van der Waals surface area (Å²) in [5.74, 6) is -0.291. The Hall–Kier alpha value is -2.14. The average molecular weight is 331 g/mol. The van der Waals surface area contributed by atoms with E-state index in [0.717, 1.165) is 12.1 Å². The predicted molar refractivity (Wildman–Crippen MR) is 99.9 cm³/mol. The monoisotopic (exact) mass is 331 g/mol. The highest BCUT2D eigenvalue weighted by Crippen LogP contribution is 2.20. The minimum atomic E-state index is -0.305. The highest BCUT2D eigenvalue weighted by Gasteiger charge is 2.25. The largest absolute Gasteiger partial charge is 0.511 e. The van der Waals surface area contributed by atoms with Gasteiger partial charge < -0.3 is 20.3 Å². The molecule has 0 saturated heterocycles. The average Bonchev–Trinajstić information content (AvgIpc) is 2.56. The molecule has 0 heterocycles. The van der Waals surface area contributed by atoms with Crippen molar-refractivity contribution in [1.82, 2.24) is 4.90 Å². The summed E-state index contributed by atoms with van der Waals surface area (Å²) in [5, 5.41) is 18.5. The Labute approximate surface area is 145 Å². The molecule has 1 aromatic rings. The summed E-state index contributed by atoms with van der Waals surface area (Å²) in [5.41, 5.74) is 1.09. The van der Waals surface area contributed by atoms with E-state index in [0.29, 0.717) is 25.9 Å². The lowest BCUT2D eigenvalue weighted by atomic mass is 10.0. The molecule has 1 rings (SSSR count). The number of rotatable bonds is 9. The lowest BCUT2D eigenvalue weighted by molar-refractivity contribution is -0.114. The molecule has 0 saturated carbocycles. The second kappa shape index (κ2) is 9.88. The van der Waals surface area contributed by atoms with Crippen LogP contribution in [0.25, 0.3) is 0 Å². The molecule has 5 nitrogen and oxygen atoms in total. The number of amides is 1. The van der Waals surface area contributed by atoms with E-state index >= 15 is 0 Å². The number of aliphatic hydroxyl groups excluding tert-OH is 1. The summed E-state index contributed by atoms with van der Waals surface area (Å²) >= 11 is 0. The zero-order chi connectivity index (χ0) is 18.1. The molecule has 0 aliphatic carbocycles. The Kier molecular flexibility index (Phi) is 8.19. The fourth-order valence-corrected chi connectivity index (χ4v) is 2.36. The van der Waals surface area contributed by atoms with E-state index in [-0.39, 0.29) is 23.0 Å². The topological polar surface area (TPSA) is 67.6 Å². The van der Waals surface area contributed by atoms with Crippen molar-refractivity contribution in [2.45, 2.75) is 33.1 Å². The number of carbonyl (C=O) groups excluding carboxylic acids is 1. The number of para-hydroxylation sites is 1. The molecular formula is C19H29N3O2. The van der Waals surface area contributed by atoms with Gasteiger partial charge in [-0.25, -0.2) is 0 Å². The first-order valence-electron chi connectivity index (χ1n) is 8.43. The van der Waals surface area contributed by atoms with E-state index in [4.69, 9.17) is 5.41 Å². The first kappa shape index (κ1) is 19.9. The molecule has 2 N–H and O–H groups in total. The van der Waals surface area contributed by atoms with Gasteiger partial charge in [0.2, 0.25) is 0 Å². The van der Waals surface area contributed by atoms with Gasteiger partial charge >= 0.3 is 0 Å². The third kappa shape index (κ3) is 5.49. The Balaban J connectivity index is 3.25. The van der Waals surface area contributed by atoms with Gasteiger partial charge in [-0.3, -0.25) is 4.79 Å². The van der Waals surface area contributed by atoms with Crippen LogP contribution in [-0.4, -0.2) is 48.8 Å². The SMILES string of the molecule is CCC/C(O)=C(/C(=N)CC)C(=O)N(CCN(C)C)c1ccccc1. The molecule has 24 heavy (non-hydrogen) atoms. The van der Waals surface area contributed by atoms with E-state index in [1.54, 1.807) is 4.90 Å². The van der Waals surface area contributed by atoms with Crippen LogP contribution in [0.2, 0.25) is 0 Å². The number of allylic oxidation sites excluding steroid dienone is 1. The smallest absolute Gasteiger partial charge is 0.263 e. The van der Waals surface area contributed by atoms with Crippen molar-refractivity contribution in [3.63, 3.8) is 0 Å². The van der Waals surface area contributed by atoms with Gasteiger partial charge in [-0.05, 0) is 39.1 Å². The molecule has 0 atom stereocenters. The molecule has 0 aliphatic heterocycles. The summed E-state index contributed by atoms with van der Waals surface area (Å²) in [6.07, 6.45) is 1.54. The normalized spacial score (nSPS) is 12.0. The molecule has 0 fully saturated rings. The van der Waals surface area contributed by atoms with E-state index < -0.39 is 0 Å². The Bertz CT molecular complexity index is 580. The van der Waals surface area contributed by atoms with Gasteiger partial charge in [0.1, 0.15) is 5.76 Å². The standard InChI is InChI=1S/C19H29N3O2/c1-5-10-17(23)18(16(20)6-2)19(24)22(14-13-21(3)4)15-11-8-7-9-12-15/h7-9,11-12,20,23H,5-6,10,13-14H2,1-4H3/b18-17+,20-16?. The number of benzene rings is 1. The van der Waals surface area contributed by atoms with Gasteiger partial charge in [-0.2, -0.15) is 0 Å². The minimum Gasteiger partial charge on any atom is -0.511 e. The van der Waals surface area contributed by atoms with Crippen LogP contribution >= 0.6 is 0 Å². The van der Waals surface area contributed by atoms with E-state index in [9.17, 15) is 9.90 Å². The van der Waals surface area contributed by atoms with Gasteiger partial charge in [0.05, 0.1) is 5.57 Å². The molecule has 0 radical (unpaired) electrons. The fourth-order valence-electron chi connectivity index (χ4n) is 2.36. The van der Waals surface area contributed by atoms with E-state index in [1.807, 2.05) is 63.2 Å². The Morgan fingerprint density at radius 1 is 1.12 bits per heavy atom. The van der Waals surface area contributed by atoms with Crippen LogP contribution in [0.3, 0.4) is 0 Å². The van der Waals surface area contributed by atoms with Crippen molar-refractivity contribution in [3.05, 3.63) is 41.7 Å².